The number of carbonyl (C=O) groups excluding carboxylic acids is 1. The number of rotatable bonds is 5. The third kappa shape index (κ3) is 4.27. The maximum absolute atomic E-state index is 13.1. The van der Waals surface area contributed by atoms with E-state index < -0.39 is 0 Å². The Kier molecular flexibility index (Phi) is 5.27. The van der Waals surface area contributed by atoms with E-state index in [1.165, 1.54) is 28.9 Å². The Bertz CT molecular complexity index is 1170. The van der Waals surface area contributed by atoms with Crippen LogP contribution in [0.1, 0.15) is 33.9 Å². The van der Waals surface area contributed by atoms with Crippen LogP contribution in [0.5, 0.6) is 0 Å². The van der Waals surface area contributed by atoms with E-state index in [2.05, 4.69) is 39.9 Å². The maximum atomic E-state index is 13.1. The molecule has 2 N–H and O–H groups in total. The zero-order chi connectivity index (χ0) is 20.4. The Balaban J connectivity index is 1.48. The summed E-state index contributed by atoms with van der Waals surface area (Å²) >= 11 is 1.28. The highest BCUT2D eigenvalue weighted by Gasteiger charge is 2.18. The molecular formula is C23H20FN3OS. The molecule has 146 valence electrons. The number of benzene rings is 3. The Morgan fingerprint density at radius 3 is 2.52 bits per heavy atom. The lowest BCUT2D eigenvalue weighted by atomic mass is 10.0. The molecule has 1 amide bonds. The van der Waals surface area contributed by atoms with Gasteiger partial charge in [0, 0.05) is 5.69 Å². The Labute approximate surface area is 172 Å². The van der Waals surface area contributed by atoms with Crippen molar-refractivity contribution in [3.63, 3.8) is 0 Å². The summed E-state index contributed by atoms with van der Waals surface area (Å²) in [5.41, 5.74) is 2.42. The topological polar surface area (TPSA) is 54.0 Å². The number of nitrogens with one attached hydrogen (secondary N) is 2. The molecule has 0 unspecified atom stereocenters. The minimum Gasteiger partial charge on any atom is -0.345 e. The van der Waals surface area contributed by atoms with Gasteiger partial charge in [-0.15, -0.1) is 0 Å². The highest BCUT2D eigenvalue weighted by molar-refractivity contribution is 7.17. The second-order valence-corrected chi connectivity index (χ2v) is 7.87. The van der Waals surface area contributed by atoms with Crippen molar-refractivity contribution in [2.75, 3.05) is 5.32 Å². The lowest BCUT2D eigenvalue weighted by Gasteiger charge is -2.14. The van der Waals surface area contributed by atoms with Gasteiger partial charge in [0.05, 0.1) is 11.7 Å². The number of hydrogen-bond acceptors (Lipinski definition) is 4. The number of nitrogens with zero attached hydrogens (tertiary/aromatic N) is 1. The molecule has 0 saturated carbocycles. The number of fused-ring (bicyclic) bond motifs is 1. The summed E-state index contributed by atoms with van der Waals surface area (Å²) in [5.74, 6) is -0.457. The minimum absolute atomic E-state index is 0.137. The number of aryl methyl sites for hydroxylation is 1. The molecule has 0 fully saturated rings. The Morgan fingerprint density at radius 2 is 1.76 bits per heavy atom. The summed E-state index contributed by atoms with van der Waals surface area (Å²) in [6, 6.07) is 20.2. The van der Waals surface area contributed by atoms with E-state index in [-0.39, 0.29) is 17.8 Å². The van der Waals surface area contributed by atoms with Crippen molar-refractivity contribution >= 4 is 38.8 Å². The van der Waals surface area contributed by atoms with E-state index in [1.807, 2.05) is 32.0 Å². The van der Waals surface area contributed by atoms with E-state index in [0.717, 1.165) is 16.6 Å². The van der Waals surface area contributed by atoms with Crippen LogP contribution in [0, 0.1) is 12.7 Å². The van der Waals surface area contributed by atoms with Gasteiger partial charge in [-0.05, 0) is 60.5 Å². The Morgan fingerprint density at radius 1 is 1.03 bits per heavy atom. The van der Waals surface area contributed by atoms with E-state index >= 15 is 0 Å². The van der Waals surface area contributed by atoms with E-state index in [9.17, 15) is 9.18 Å². The van der Waals surface area contributed by atoms with Crippen LogP contribution in [0.25, 0.3) is 10.8 Å². The van der Waals surface area contributed by atoms with Crippen LogP contribution in [0.2, 0.25) is 0 Å². The fourth-order valence-electron chi connectivity index (χ4n) is 3.14. The van der Waals surface area contributed by atoms with Crippen molar-refractivity contribution in [2.45, 2.75) is 19.9 Å². The van der Waals surface area contributed by atoms with Crippen LogP contribution in [-0.2, 0) is 0 Å². The van der Waals surface area contributed by atoms with Crippen molar-refractivity contribution in [2.24, 2.45) is 0 Å². The molecule has 0 radical (unpaired) electrons. The summed E-state index contributed by atoms with van der Waals surface area (Å²) in [5, 5.41) is 9.08. The molecule has 1 heterocycles. The molecule has 0 aliphatic heterocycles. The quantitative estimate of drug-likeness (QED) is 0.429. The number of amides is 1. The van der Waals surface area contributed by atoms with Gasteiger partial charge in [-0.1, -0.05) is 47.7 Å². The molecule has 29 heavy (non-hydrogen) atoms. The summed E-state index contributed by atoms with van der Waals surface area (Å²) in [4.78, 5) is 17.8. The third-order valence-electron chi connectivity index (χ3n) is 4.72. The summed E-state index contributed by atoms with van der Waals surface area (Å²) in [7, 11) is 0. The average Bonchev–Trinajstić information content (AvgIpc) is 3.09. The van der Waals surface area contributed by atoms with Gasteiger partial charge < -0.3 is 10.6 Å². The molecule has 0 spiro atoms. The van der Waals surface area contributed by atoms with Gasteiger partial charge in [-0.3, -0.25) is 4.79 Å². The van der Waals surface area contributed by atoms with Gasteiger partial charge in [0.25, 0.3) is 5.91 Å². The zero-order valence-corrected chi connectivity index (χ0v) is 16.9. The van der Waals surface area contributed by atoms with Crippen LogP contribution < -0.4 is 10.6 Å². The molecule has 1 atom stereocenters. The smallest absolute Gasteiger partial charge is 0.263 e. The molecular weight excluding hydrogens is 385 g/mol. The van der Waals surface area contributed by atoms with E-state index in [0.29, 0.717) is 15.7 Å². The standard InChI is InChI=1S/C23H20FN3OS/c1-14(17-8-7-16-5-3-4-6-18(16)13-17)25-22(28)21-15(2)26-23(29-21)27-20-11-9-19(24)10-12-20/h3-14H,1-2H3,(H,25,28)(H,26,27)/t14-/m1/s1. The molecule has 0 saturated heterocycles. The third-order valence-corrected chi connectivity index (χ3v) is 5.79. The minimum atomic E-state index is -0.298. The molecule has 4 rings (SSSR count). The van der Waals surface area contributed by atoms with E-state index in [4.69, 9.17) is 0 Å². The SMILES string of the molecule is Cc1nc(Nc2ccc(F)cc2)sc1C(=O)N[C@H](C)c1ccc2ccccc2c1. The molecule has 4 nitrogen and oxygen atoms in total. The van der Waals surface area contributed by atoms with Gasteiger partial charge in [0.1, 0.15) is 10.7 Å². The van der Waals surface area contributed by atoms with Gasteiger partial charge >= 0.3 is 0 Å². The normalized spacial score (nSPS) is 12.0. The molecule has 4 aromatic rings. The Hall–Kier alpha value is -3.25. The first-order valence-corrected chi connectivity index (χ1v) is 10.1. The highest BCUT2D eigenvalue weighted by Crippen LogP contribution is 2.27. The first kappa shape index (κ1) is 19.1. The summed E-state index contributed by atoms with van der Waals surface area (Å²) in [6.45, 7) is 3.78. The number of aromatic nitrogens is 1. The maximum Gasteiger partial charge on any atom is 0.263 e. The first-order chi connectivity index (χ1) is 14.0. The first-order valence-electron chi connectivity index (χ1n) is 9.29. The summed E-state index contributed by atoms with van der Waals surface area (Å²) in [6.07, 6.45) is 0. The fraction of sp³-hybridized carbons (Fsp3) is 0.130. The van der Waals surface area contributed by atoms with Crippen LogP contribution in [0.15, 0.2) is 66.7 Å². The van der Waals surface area contributed by atoms with Crippen molar-refractivity contribution in [3.8, 4) is 0 Å². The number of thiazole rings is 1. The van der Waals surface area contributed by atoms with Crippen LogP contribution >= 0.6 is 11.3 Å². The van der Waals surface area contributed by atoms with Crippen LogP contribution in [0.3, 0.4) is 0 Å². The number of carbonyl (C=O) groups is 1. The predicted molar refractivity (Wildman–Crippen MR) is 116 cm³/mol. The molecule has 3 aromatic carbocycles. The number of anilines is 2. The highest BCUT2D eigenvalue weighted by atomic mass is 32.1. The molecule has 0 aliphatic rings. The van der Waals surface area contributed by atoms with Gasteiger partial charge in [-0.25, -0.2) is 9.37 Å². The monoisotopic (exact) mass is 405 g/mol. The van der Waals surface area contributed by atoms with Crippen molar-refractivity contribution in [3.05, 3.63) is 88.7 Å². The lowest BCUT2D eigenvalue weighted by molar-refractivity contribution is 0.0943. The number of hydrogen-bond donors (Lipinski definition) is 2. The molecule has 6 heteroatoms. The molecule has 1 aromatic heterocycles. The van der Waals surface area contributed by atoms with Gasteiger partial charge in [-0.2, -0.15) is 0 Å². The second-order valence-electron chi connectivity index (χ2n) is 6.87. The van der Waals surface area contributed by atoms with Crippen LogP contribution in [-0.4, -0.2) is 10.9 Å². The van der Waals surface area contributed by atoms with E-state index in [1.54, 1.807) is 12.1 Å². The van der Waals surface area contributed by atoms with Crippen molar-refractivity contribution in [1.29, 1.82) is 0 Å². The molecule has 0 aliphatic carbocycles. The zero-order valence-electron chi connectivity index (χ0n) is 16.1. The van der Waals surface area contributed by atoms with Crippen molar-refractivity contribution in [1.82, 2.24) is 10.3 Å². The average molecular weight is 405 g/mol. The summed E-state index contributed by atoms with van der Waals surface area (Å²) < 4.78 is 13.1. The predicted octanol–water partition coefficient (Wildman–Crippen LogP) is 5.98. The van der Waals surface area contributed by atoms with Gasteiger partial charge in [0.2, 0.25) is 0 Å². The number of halogens is 1. The fourth-order valence-corrected chi connectivity index (χ4v) is 4.03. The lowest BCUT2D eigenvalue weighted by Crippen LogP contribution is -2.26. The second kappa shape index (κ2) is 8.01. The van der Waals surface area contributed by atoms with Gasteiger partial charge in [0.15, 0.2) is 5.13 Å². The largest absolute Gasteiger partial charge is 0.345 e. The van der Waals surface area contributed by atoms with Crippen LogP contribution in [0.4, 0.5) is 15.2 Å². The molecule has 0 bridgehead atoms. The van der Waals surface area contributed by atoms with Crippen molar-refractivity contribution < 1.29 is 9.18 Å².